The van der Waals surface area contributed by atoms with Gasteiger partial charge in [-0.1, -0.05) is 17.3 Å². The minimum atomic E-state index is -0.661. The summed E-state index contributed by atoms with van der Waals surface area (Å²) in [6, 6.07) is 6.82. The van der Waals surface area contributed by atoms with Gasteiger partial charge in [0.1, 0.15) is 0 Å². The van der Waals surface area contributed by atoms with Crippen LogP contribution >= 0.6 is 0 Å². The quantitative estimate of drug-likeness (QED) is 0.448. The summed E-state index contributed by atoms with van der Waals surface area (Å²) in [6.07, 6.45) is 2.15. The fourth-order valence-corrected chi connectivity index (χ4v) is 3.30. The second kappa shape index (κ2) is 7.89. The number of rotatable bonds is 6. The molecule has 0 spiro atoms. The van der Waals surface area contributed by atoms with Crippen molar-refractivity contribution in [1.29, 1.82) is 0 Å². The van der Waals surface area contributed by atoms with Crippen LogP contribution in [0.5, 0.6) is 0 Å². The van der Waals surface area contributed by atoms with Gasteiger partial charge < -0.3 is 9.88 Å². The van der Waals surface area contributed by atoms with Crippen LogP contribution in [0.15, 0.2) is 49.5 Å². The number of carbonyl (C=O) groups is 1. The molecule has 1 aromatic carbocycles. The van der Waals surface area contributed by atoms with E-state index in [9.17, 15) is 19.2 Å². The molecule has 31 heavy (non-hydrogen) atoms. The smallest absolute Gasteiger partial charge is 0.326 e. The third-order valence-electron chi connectivity index (χ3n) is 4.88. The van der Waals surface area contributed by atoms with E-state index in [1.54, 1.807) is 35.9 Å². The van der Waals surface area contributed by atoms with E-state index in [0.717, 1.165) is 4.57 Å². The van der Waals surface area contributed by atoms with Crippen molar-refractivity contribution in [3.05, 3.63) is 62.0 Å². The Morgan fingerprint density at radius 1 is 1.19 bits per heavy atom. The minimum absolute atomic E-state index is 0.205. The summed E-state index contributed by atoms with van der Waals surface area (Å²) in [6.45, 7) is 0.386. The number of fused-ring (bicyclic) bond motifs is 1. The van der Waals surface area contributed by atoms with Gasteiger partial charge in [-0.2, -0.15) is 0 Å². The van der Waals surface area contributed by atoms with E-state index in [0.29, 0.717) is 35.4 Å². The molecule has 1 amide bonds. The Hall–Kier alpha value is -4.22. The molecule has 0 atom stereocenters. The molecule has 0 bridgehead atoms. The van der Waals surface area contributed by atoms with Crippen LogP contribution in [0, 0.1) is 0 Å². The van der Waals surface area contributed by atoms with Gasteiger partial charge in [0.15, 0.2) is 17.0 Å². The highest BCUT2D eigenvalue weighted by molar-refractivity contribution is 5.91. The molecule has 12 heteroatoms. The Bertz CT molecular complexity index is 1450. The molecule has 0 fully saturated rings. The second-order valence-electron chi connectivity index (χ2n) is 6.99. The molecule has 0 radical (unpaired) electrons. The summed E-state index contributed by atoms with van der Waals surface area (Å²) in [7, 11) is 2.97. The number of carbonyl (C=O) groups excluding carboxylic acids is 1. The van der Waals surface area contributed by atoms with E-state index in [2.05, 4.69) is 25.0 Å². The Morgan fingerprint density at radius 2 is 2.00 bits per heavy atom. The fourth-order valence-electron chi connectivity index (χ4n) is 3.30. The van der Waals surface area contributed by atoms with Gasteiger partial charge in [-0.3, -0.25) is 28.2 Å². The second-order valence-corrected chi connectivity index (χ2v) is 6.99. The molecule has 0 aliphatic carbocycles. The highest BCUT2D eigenvalue weighted by Crippen LogP contribution is 2.18. The van der Waals surface area contributed by atoms with Crippen LogP contribution in [0.3, 0.4) is 0 Å². The van der Waals surface area contributed by atoms with Crippen LogP contribution in [0.4, 0.5) is 5.69 Å². The topological polar surface area (TPSA) is 150 Å². The first-order valence-electron chi connectivity index (χ1n) is 9.42. The lowest BCUT2D eigenvalue weighted by Gasteiger charge is -2.08. The van der Waals surface area contributed by atoms with Crippen LogP contribution < -0.4 is 22.3 Å². The zero-order valence-corrected chi connectivity index (χ0v) is 16.8. The number of H-pyrrole nitrogens is 1. The van der Waals surface area contributed by atoms with E-state index in [1.165, 1.54) is 17.9 Å². The van der Waals surface area contributed by atoms with Gasteiger partial charge in [0.25, 0.3) is 5.56 Å². The zero-order chi connectivity index (χ0) is 22.1. The van der Waals surface area contributed by atoms with Crippen molar-refractivity contribution in [1.82, 2.24) is 28.8 Å². The molecule has 3 aromatic heterocycles. The molecule has 4 aromatic rings. The summed E-state index contributed by atoms with van der Waals surface area (Å²) in [5, 5.41) is 6.41. The van der Waals surface area contributed by atoms with Gasteiger partial charge in [-0.15, -0.1) is 0 Å². The lowest BCUT2D eigenvalue weighted by molar-refractivity contribution is -0.116. The average Bonchev–Trinajstić information content (AvgIpc) is 3.37. The summed E-state index contributed by atoms with van der Waals surface area (Å²) in [4.78, 5) is 54.5. The van der Waals surface area contributed by atoms with E-state index in [1.807, 2.05) is 0 Å². The Labute approximate surface area is 173 Å². The van der Waals surface area contributed by atoms with Crippen molar-refractivity contribution in [2.45, 2.75) is 19.4 Å². The molecule has 0 unspecified atom stereocenters. The molecule has 0 saturated heterocycles. The van der Waals surface area contributed by atoms with Crippen molar-refractivity contribution in [2.75, 3.05) is 5.32 Å². The minimum Gasteiger partial charge on any atom is -0.326 e. The maximum Gasteiger partial charge on any atom is 0.439 e. The van der Waals surface area contributed by atoms with Gasteiger partial charge in [0.2, 0.25) is 5.91 Å². The molecule has 2 N–H and O–H groups in total. The SMILES string of the molecule is Cn1c(=O)c2c(ncn2CCCC(=O)Nc2cccc(-c3noc(=O)[nH]3)c2)n(C)c1=O. The number of aromatic nitrogens is 6. The van der Waals surface area contributed by atoms with Crippen LogP contribution in [0.25, 0.3) is 22.6 Å². The van der Waals surface area contributed by atoms with Crippen LogP contribution in [0.2, 0.25) is 0 Å². The number of amides is 1. The summed E-state index contributed by atoms with van der Waals surface area (Å²) in [5.41, 5.74) is 0.889. The van der Waals surface area contributed by atoms with Crippen molar-refractivity contribution >= 4 is 22.8 Å². The third-order valence-corrected chi connectivity index (χ3v) is 4.88. The van der Waals surface area contributed by atoms with Gasteiger partial charge in [-0.25, -0.2) is 14.6 Å². The number of aromatic amines is 1. The summed E-state index contributed by atoms with van der Waals surface area (Å²) in [5.74, 6) is -0.606. The predicted molar refractivity (Wildman–Crippen MR) is 111 cm³/mol. The van der Waals surface area contributed by atoms with E-state index < -0.39 is 17.0 Å². The number of hydrogen-bond acceptors (Lipinski definition) is 7. The number of imidazole rings is 1. The molecule has 0 saturated carbocycles. The van der Waals surface area contributed by atoms with Crippen molar-refractivity contribution in [3.8, 4) is 11.4 Å². The first-order valence-corrected chi connectivity index (χ1v) is 9.42. The van der Waals surface area contributed by atoms with E-state index in [4.69, 9.17) is 0 Å². The highest BCUT2D eigenvalue weighted by Gasteiger charge is 2.14. The van der Waals surface area contributed by atoms with Crippen molar-refractivity contribution in [3.63, 3.8) is 0 Å². The standard InChI is InChI=1S/C19H19N7O5/c1-24-16-14(17(28)25(2)19(24)30)26(10-20-16)8-4-7-13(27)21-12-6-3-5-11(9-12)15-22-18(29)31-23-15/h3,5-6,9-10H,4,7-8H2,1-2H3,(H,21,27)(H,22,23,29). The molecule has 160 valence electrons. The average molecular weight is 425 g/mol. The normalized spacial score (nSPS) is 11.2. The zero-order valence-electron chi connectivity index (χ0n) is 16.8. The fraction of sp³-hybridized carbons (Fsp3) is 0.263. The van der Waals surface area contributed by atoms with Crippen LogP contribution in [0.1, 0.15) is 12.8 Å². The maximum atomic E-state index is 12.4. The Kier molecular flexibility index (Phi) is 5.11. The maximum absolute atomic E-state index is 12.4. The predicted octanol–water partition coefficient (Wildman–Crippen LogP) is 0.196. The van der Waals surface area contributed by atoms with Crippen molar-refractivity contribution < 1.29 is 9.32 Å². The van der Waals surface area contributed by atoms with Crippen LogP contribution in [-0.2, 0) is 25.4 Å². The van der Waals surface area contributed by atoms with Gasteiger partial charge in [0.05, 0.1) is 6.33 Å². The molecular formula is C19H19N7O5. The number of hydrogen-bond donors (Lipinski definition) is 2. The molecule has 3 heterocycles. The highest BCUT2D eigenvalue weighted by atomic mass is 16.5. The largest absolute Gasteiger partial charge is 0.439 e. The number of nitrogens with one attached hydrogen (secondary N) is 2. The number of anilines is 1. The van der Waals surface area contributed by atoms with Crippen molar-refractivity contribution in [2.24, 2.45) is 14.1 Å². The van der Waals surface area contributed by atoms with E-state index >= 15 is 0 Å². The molecule has 0 aliphatic rings. The Balaban J connectivity index is 1.42. The van der Waals surface area contributed by atoms with Gasteiger partial charge in [-0.05, 0) is 18.6 Å². The number of benzene rings is 1. The van der Waals surface area contributed by atoms with Gasteiger partial charge >= 0.3 is 11.4 Å². The first-order chi connectivity index (χ1) is 14.8. The molecule has 12 nitrogen and oxygen atoms in total. The Morgan fingerprint density at radius 3 is 2.74 bits per heavy atom. The molecule has 0 aliphatic heterocycles. The summed E-state index contributed by atoms with van der Waals surface area (Å²) < 4.78 is 8.48. The lowest BCUT2D eigenvalue weighted by Crippen LogP contribution is -2.37. The number of aryl methyl sites for hydroxylation is 2. The monoisotopic (exact) mass is 425 g/mol. The molecular weight excluding hydrogens is 406 g/mol. The number of nitrogens with zero attached hydrogens (tertiary/aromatic N) is 5. The summed E-state index contributed by atoms with van der Waals surface area (Å²) >= 11 is 0. The van der Waals surface area contributed by atoms with E-state index in [-0.39, 0.29) is 18.2 Å². The third kappa shape index (κ3) is 3.82. The van der Waals surface area contributed by atoms with Crippen LogP contribution in [-0.4, -0.2) is 34.7 Å². The lowest BCUT2D eigenvalue weighted by atomic mass is 10.2. The molecule has 4 rings (SSSR count). The first kappa shape index (κ1) is 20.1. The van der Waals surface area contributed by atoms with Gasteiger partial charge in [0, 0.05) is 38.3 Å².